The van der Waals surface area contributed by atoms with E-state index in [1.807, 2.05) is 26.0 Å². The highest BCUT2D eigenvalue weighted by atomic mass is 16.5. The number of hydroxylamine groups is 1. The maximum atomic E-state index is 12.7. The number of nitrogens with zero attached hydrogens (tertiary/aromatic N) is 1. The number of imide groups is 1. The van der Waals surface area contributed by atoms with Crippen LogP contribution in [-0.2, 0) is 11.3 Å². The normalized spacial score (nSPS) is 10.8. The van der Waals surface area contributed by atoms with Gasteiger partial charge in [0.05, 0.1) is 0 Å². The average molecular weight is 395 g/mol. The van der Waals surface area contributed by atoms with E-state index in [1.165, 1.54) is 11.6 Å². The molecule has 0 heterocycles. The van der Waals surface area contributed by atoms with Gasteiger partial charge in [-0.1, -0.05) is 56.3 Å². The van der Waals surface area contributed by atoms with Crippen LogP contribution in [0.15, 0.2) is 60.7 Å². The molecule has 152 valence electrons. The van der Waals surface area contributed by atoms with Crippen LogP contribution in [0.1, 0.15) is 35.3 Å². The molecule has 4 amide bonds. The van der Waals surface area contributed by atoms with Gasteiger partial charge in [-0.3, -0.25) is 20.1 Å². The van der Waals surface area contributed by atoms with E-state index in [2.05, 4.69) is 5.32 Å². The van der Waals surface area contributed by atoms with Crippen LogP contribution in [0.4, 0.5) is 4.79 Å². The van der Waals surface area contributed by atoms with Crippen molar-refractivity contribution in [1.82, 2.24) is 15.7 Å². The van der Waals surface area contributed by atoms with E-state index in [9.17, 15) is 14.4 Å². The van der Waals surface area contributed by atoms with E-state index in [1.54, 1.807) is 53.4 Å². The van der Waals surface area contributed by atoms with Crippen molar-refractivity contribution in [3.63, 3.8) is 0 Å². The lowest BCUT2D eigenvalue weighted by Gasteiger charge is -2.24. The molecule has 0 atom stereocenters. The molecule has 0 saturated carbocycles. The third-order valence-electron chi connectivity index (χ3n) is 4.02. The predicted molar refractivity (Wildman–Crippen MR) is 110 cm³/mol. The minimum absolute atomic E-state index is 0.228. The molecular weight excluding hydrogens is 370 g/mol. The fourth-order valence-electron chi connectivity index (χ4n) is 2.66. The molecule has 0 saturated heterocycles. The highest BCUT2D eigenvalue weighted by Gasteiger charge is 2.18. The monoisotopic (exact) mass is 395 g/mol. The summed E-state index contributed by atoms with van der Waals surface area (Å²) >= 11 is 0. The molecule has 29 heavy (non-hydrogen) atoms. The Balaban J connectivity index is 2.06. The SMILES string of the molecule is CC(C)CN(Cc1ccc(C=CC(=O)NO)cc1)C(=O)NC(=O)c1ccccc1. The molecule has 0 aromatic heterocycles. The summed E-state index contributed by atoms with van der Waals surface area (Å²) in [7, 11) is 0. The van der Waals surface area contributed by atoms with Crippen molar-refractivity contribution in [3.8, 4) is 0 Å². The Bertz CT molecular complexity index is 861. The van der Waals surface area contributed by atoms with Crippen LogP contribution >= 0.6 is 0 Å². The van der Waals surface area contributed by atoms with E-state index in [0.717, 1.165) is 11.1 Å². The van der Waals surface area contributed by atoms with Crippen LogP contribution in [0.5, 0.6) is 0 Å². The van der Waals surface area contributed by atoms with Gasteiger partial charge in [0.1, 0.15) is 0 Å². The molecule has 0 aliphatic carbocycles. The first-order valence-electron chi connectivity index (χ1n) is 9.25. The third-order valence-corrected chi connectivity index (χ3v) is 4.02. The van der Waals surface area contributed by atoms with E-state index in [-0.39, 0.29) is 5.92 Å². The van der Waals surface area contributed by atoms with Gasteiger partial charge in [-0.05, 0) is 35.3 Å². The fraction of sp³-hybridized carbons (Fsp3) is 0.227. The number of carbonyl (C=O) groups is 3. The number of benzene rings is 2. The van der Waals surface area contributed by atoms with Crippen molar-refractivity contribution in [2.75, 3.05) is 6.54 Å². The van der Waals surface area contributed by atoms with E-state index >= 15 is 0 Å². The zero-order valence-corrected chi connectivity index (χ0v) is 16.5. The third kappa shape index (κ3) is 7.23. The smallest absolute Gasteiger partial charge is 0.320 e. The molecule has 2 rings (SSSR count). The zero-order valence-electron chi connectivity index (χ0n) is 16.5. The maximum Gasteiger partial charge on any atom is 0.324 e. The Hall–Kier alpha value is -3.45. The standard InChI is InChI=1S/C22H25N3O4/c1-16(2)14-25(22(28)23-21(27)19-6-4-3-5-7-19)15-18-10-8-17(9-11-18)12-13-20(26)24-29/h3-13,16,29H,14-15H2,1-2H3,(H,24,26)(H,23,27,28). The highest BCUT2D eigenvalue weighted by Crippen LogP contribution is 2.11. The molecule has 0 aliphatic rings. The lowest BCUT2D eigenvalue weighted by molar-refractivity contribution is -0.124. The summed E-state index contributed by atoms with van der Waals surface area (Å²) in [5.74, 6) is -0.823. The number of urea groups is 1. The average Bonchev–Trinajstić information content (AvgIpc) is 2.72. The zero-order chi connectivity index (χ0) is 21.2. The van der Waals surface area contributed by atoms with E-state index in [4.69, 9.17) is 5.21 Å². The van der Waals surface area contributed by atoms with Crippen LogP contribution < -0.4 is 10.8 Å². The number of rotatable bonds is 7. The Kier molecular flexibility index (Phi) is 8.12. The van der Waals surface area contributed by atoms with Gasteiger partial charge in [-0.25, -0.2) is 10.3 Å². The summed E-state index contributed by atoms with van der Waals surface area (Å²) in [4.78, 5) is 37.6. The molecule has 0 fully saturated rings. The first-order valence-corrected chi connectivity index (χ1v) is 9.25. The largest absolute Gasteiger partial charge is 0.324 e. The molecular formula is C22H25N3O4. The van der Waals surface area contributed by atoms with Gasteiger partial charge in [-0.2, -0.15) is 0 Å². The molecule has 0 spiro atoms. The van der Waals surface area contributed by atoms with Crippen LogP contribution in [0, 0.1) is 5.92 Å². The minimum atomic E-state index is -0.614. The summed E-state index contributed by atoms with van der Waals surface area (Å²) < 4.78 is 0. The van der Waals surface area contributed by atoms with Crippen molar-refractivity contribution in [2.45, 2.75) is 20.4 Å². The Labute approximate surface area is 170 Å². The molecule has 0 bridgehead atoms. The minimum Gasteiger partial charge on any atom is -0.320 e. The van der Waals surface area contributed by atoms with Crippen molar-refractivity contribution >= 4 is 23.9 Å². The van der Waals surface area contributed by atoms with Crippen molar-refractivity contribution in [2.24, 2.45) is 5.92 Å². The first-order chi connectivity index (χ1) is 13.9. The summed E-state index contributed by atoms with van der Waals surface area (Å²) in [6, 6.07) is 15.4. The van der Waals surface area contributed by atoms with Gasteiger partial charge in [0.25, 0.3) is 11.8 Å². The Morgan fingerprint density at radius 2 is 1.69 bits per heavy atom. The number of amides is 4. The van der Waals surface area contributed by atoms with Gasteiger partial charge in [-0.15, -0.1) is 0 Å². The quantitative estimate of drug-likeness (QED) is 0.381. The lowest BCUT2D eigenvalue weighted by Crippen LogP contribution is -2.44. The van der Waals surface area contributed by atoms with Crippen molar-refractivity contribution < 1.29 is 19.6 Å². The second-order valence-electron chi connectivity index (χ2n) is 6.95. The second kappa shape index (κ2) is 10.8. The van der Waals surface area contributed by atoms with Crippen LogP contribution in [0.3, 0.4) is 0 Å². The second-order valence-corrected chi connectivity index (χ2v) is 6.95. The van der Waals surface area contributed by atoms with E-state index in [0.29, 0.717) is 18.7 Å². The Morgan fingerprint density at radius 1 is 1.03 bits per heavy atom. The van der Waals surface area contributed by atoms with Crippen molar-refractivity contribution in [1.29, 1.82) is 0 Å². The fourth-order valence-corrected chi connectivity index (χ4v) is 2.66. The topological polar surface area (TPSA) is 98.7 Å². The van der Waals surface area contributed by atoms with Gasteiger partial charge in [0.2, 0.25) is 0 Å². The summed E-state index contributed by atoms with van der Waals surface area (Å²) in [5, 5.41) is 10.9. The maximum absolute atomic E-state index is 12.7. The molecule has 0 unspecified atom stereocenters. The van der Waals surface area contributed by atoms with Crippen LogP contribution in [-0.4, -0.2) is 34.5 Å². The van der Waals surface area contributed by atoms with Gasteiger partial charge in [0.15, 0.2) is 0 Å². The van der Waals surface area contributed by atoms with Gasteiger partial charge >= 0.3 is 6.03 Å². The Morgan fingerprint density at radius 3 is 2.28 bits per heavy atom. The predicted octanol–water partition coefficient (Wildman–Crippen LogP) is 3.21. The van der Waals surface area contributed by atoms with E-state index < -0.39 is 17.8 Å². The summed E-state index contributed by atoms with van der Waals surface area (Å²) in [6.45, 7) is 4.83. The van der Waals surface area contributed by atoms with Crippen LogP contribution in [0.25, 0.3) is 6.08 Å². The summed E-state index contributed by atoms with van der Waals surface area (Å²) in [5.41, 5.74) is 3.61. The molecule has 7 nitrogen and oxygen atoms in total. The molecule has 7 heteroatoms. The van der Waals surface area contributed by atoms with Crippen LogP contribution in [0.2, 0.25) is 0 Å². The van der Waals surface area contributed by atoms with Gasteiger partial charge in [0, 0.05) is 24.7 Å². The first kappa shape index (κ1) is 21.8. The molecule has 0 aliphatic heterocycles. The number of carbonyl (C=O) groups excluding carboxylic acids is 3. The number of nitrogens with one attached hydrogen (secondary N) is 2. The number of hydrogen-bond donors (Lipinski definition) is 3. The summed E-state index contributed by atoms with van der Waals surface area (Å²) in [6.07, 6.45) is 2.77. The highest BCUT2D eigenvalue weighted by molar-refractivity contribution is 6.04. The number of hydrogen-bond acceptors (Lipinski definition) is 4. The van der Waals surface area contributed by atoms with Crippen molar-refractivity contribution in [3.05, 3.63) is 77.4 Å². The molecule has 2 aromatic carbocycles. The molecule has 3 N–H and O–H groups in total. The lowest BCUT2D eigenvalue weighted by atomic mass is 10.1. The molecule has 0 radical (unpaired) electrons. The molecule has 2 aromatic rings. The van der Waals surface area contributed by atoms with Gasteiger partial charge < -0.3 is 4.90 Å².